The molecule has 1 aromatic carbocycles. The molecule has 0 aliphatic carbocycles. The van der Waals surface area contributed by atoms with Crippen LogP contribution in [0.3, 0.4) is 0 Å². The summed E-state index contributed by atoms with van der Waals surface area (Å²) in [7, 11) is 0. The van der Waals surface area contributed by atoms with Crippen molar-refractivity contribution in [2.24, 2.45) is 0 Å². The van der Waals surface area contributed by atoms with Crippen LogP contribution in [0.5, 0.6) is 0 Å². The Morgan fingerprint density at radius 3 is 2.86 bits per heavy atom. The maximum Gasteiger partial charge on any atom is 0.254 e. The van der Waals surface area contributed by atoms with Crippen molar-refractivity contribution in [1.82, 2.24) is 24.8 Å². The molecule has 2 aliphatic rings. The fourth-order valence-electron chi connectivity index (χ4n) is 5.02. The number of hydrogen-bond acceptors (Lipinski definition) is 8. The standard InChI is InChI=1S/C26H31N7OS/c1-17-5-4-6-21(11-17)29-26-28-14-20-15-32(16-23(20)30-26)22-8-10-33(18(2)12-22)25(34)19-7-9-27-24(13-19)31-35-3/h4-7,9,11,13-14,18,22H,8,10,12,15-16H2,1-3H3,(H,27,31)(H,28,29,30)/t18-,22-/m1/s1. The van der Waals surface area contributed by atoms with Gasteiger partial charge < -0.3 is 14.9 Å². The Kier molecular flexibility index (Phi) is 6.88. The summed E-state index contributed by atoms with van der Waals surface area (Å²) in [6.07, 6.45) is 7.47. The van der Waals surface area contributed by atoms with E-state index in [1.54, 1.807) is 12.3 Å². The smallest absolute Gasteiger partial charge is 0.254 e. The van der Waals surface area contributed by atoms with Crippen LogP contribution >= 0.6 is 11.9 Å². The monoisotopic (exact) mass is 489 g/mol. The lowest BCUT2D eigenvalue weighted by molar-refractivity contribution is 0.0460. The van der Waals surface area contributed by atoms with Crippen molar-refractivity contribution in [3.05, 3.63) is 71.2 Å². The molecule has 2 N–H and O–H groups in total. The zero-order chi connectivity index (χ0) is 24.4. The molecule has 5 rings (SSSR count). The number of hydrogen-bond donors (Lipinski definition) is 2. The van der Waals surface area contributed by atoms with Gasteiger partial charge in [0.15, 0.2) is 0 Å². The maximum absolute atomic E-state index is 13.2. The van der Waals surface area contributed by atoms with Crippen molar-refractivity contribution in [2.45, 2.75) is 51.9 Å². The number of pyridine rings is 1. The molecule has 1 saturated heterocycles. The number of benzene rings is 1. The molecule has 4 heterocycles. The number of aromatic nitrogens is 3. The minimum Gasteiger partial charge on any atom is -0.336 e. The van der Waals surface area contributed by atoms with E-state index >= 15 is 0 Å². The van der Waals surface area contributed by atoms with Crippen molar-refractivity contribution in [2.75, 3.05) is 22.8 Å². The highest BCUT2D eigenvalue weighted by atomic mass is 32.2. The molecule has 9 heteroatoms. The number of nitrogens with zero attached hydrogens (tertiary/aromatic N) is 5. The van der Waals surface area contributed by atoms with E-state index in [2.05, 4.69) is 50.9 Å². The van der Waals surface area contributed by atoms with Crippen LogP contribution in [-0.2, 0) is 13.1 Å². The maximum atomic E-state index is 13.2. The number of piperidine rings is 1. The first kappa shape index (κ1) is 23.6. The summed E-state index contributed by atoms with van der Waals surface area (Å²) in [6.45, 7) is 6.65. The van der Waals surface area contributed by atoms with Crippen LogP contribution in [0.15, 0.2) is 48.8 Å². The van der Waals surface area contributed by atoms with Crippen LogP contribution in [0.1, 0.15) is 46.9 Å². The van der Waals surface area contributed by atoms with Gasteiger partial charge in [-0.1, -0.05) is 24.1 Å². The number of amides is 1. The Hall–Kier alpha value is -3.17. The molecule has 182 valence electrons. The summed E-state index contributed by atoms with van der Waals surface area (Å²) in [4.78, 5) is 31.3. The predicted octanol–water partition coefficient (Wildman–Crippen LogP) is 4.62. The van der Waals surface area contributed by atoms with Crippen molar-refractivity contribution in [3.63, 3.8) is 0 Å². The molecular formula is C26H31N7OS. The highest BCUT2D eigenvalue weighted by molar-refractivity contribution is 7.99. The van der Waals surface area contributed by atoms with Gasteiger partial charge in [-0.05, 0) is 56.5 Å². The van der Waals surface area contributed by atoms with Crippen LogP contribution in [0.4, 0.5) is 17.5 Å². The highest BCUT2D eigenvalue weighted by Gasteiger charge is 2.35. The lowest BCUT2D eigenvalue weighted by Gasteiger charge is -2.41. The second-order valence-corrected chi connectivity index (χ2v) is 9.94. The Bertz CT molecular complexity index is 1220. The SMILES string of the molecule is CSNc1cc(C(=O)N2CC[C@@H](N3Cc4cnc(Nc5cccc(C)c5)nc4C3)C[C@H]2C)ccn1. The van der Waals surface area contributed by atoms with Crippen LogP contribution in [0.2, 0.25) is 0 Å². The fraction of sp³-hybridized carbons (Fsp3) is 0.385. The first-order valence-electron chi connectivity index (χ1n) is 12.0. The second kappa shape index (κ2) is 10.2. The molecular weight excluding hydrogens is 458 g/mol. The van der Waals surface area contributed by atoms with Crippen LogP contribution in [0.25, 0.3) is 0 Å². The number of likely N-dealkylation sites (tertiary alicyclic amines) is 1. The summed E-state index contributed by atoms with van der Waals surface area (Å²) in [5.41, 5.74) is 5.15. The number of carbonyl (C=O) groups excluding carboxylic acids is 1. The molecule has 2 aliphatic heterocycles. The summed E-state index contributed by atoms with van der Waals surface area (Å²) in [6, 6.07) is 12.4. The quantitative estimate of drug-likeness (QED) is 0.485. The Morgan fingerprint density at radius 1 is 1.17 bits per heavy atom. The minimum absolute atomic E-state index is 0.0740. The molecule has 0 saturated carbocycles. The third-order valence-corrected chi connectivity index (χ3v) is 7.21. The van der Waals surface area contributed by atoms with Gasteiger partial charge in [0.1, 0.15) is 5.82 Å². The normalized spacial score (nSPS) is 19.9. The second-order valence-electron chi connectivity index (χ2n) is 9.33. The van der Waals surface area contributed by atoms with E-state index in [0.717, 1.165) is 43.9 Å². The average molecular weight is 490 g/mol. The van der Waals surface area contributed by atoms with E-state index in [-0.39, 0.29) is 11.9 Å². The topological polar surface area (TPSA) is 86.3 Å². The number of aryl methyl sites for hydroxylation is 1. The fourth-order valence-corrected chi connectivity index (χ4v) is 5.34. The largest absolute Gasteiger partial charge is 0.336 e. The van der Waals surface area contributed by atoms with Crippen LogP contribution < -0.4 is 10.0 Å². The Balaban J connectivity index is 1.21. The van der Waals surface area contributed by atoms with Crippen molar-refractivity contribution in [3.8, 4) is 0 Å². The van der Waals surface area contributed by atoms with Crippen LogP contribution in [0, 0.1) is 6.92 Å². The zero-order valence-corrected chi connectivity index (χ0v) is 21.2. The lowest BCUT2D eigenvalue weighted by atomic mass is 9.96. The summed E-state index contributed by atoms with van der Waals surface area (Å²) >= 11 is 1.47. The number of rotatable bonds is 6. The molecule has 1 amide bonds. The molecule has 3 aromatic rings. The minimum atomic E-state index is 0.0740. The van der Waals surface area contributed by atoms with Gasteiger partial charge >= 0.3 is 0 Å². The van der Waals surface area contributed by atoms with Crippen molar-refractivity contribution in [1.29, 1.82) is 0 Å². The first-order valence-corrected chi connectivity index (χ1v) is 13.2. The molecule has 35 heavy (non-hydrogen) atoms. The Morgan fingerprint density at radius 2 is 2.06 bits per heavy atom. The van der Waals surface area contributed by atoms with Crippen LogP contribution in [-0.4, -0.2) is 55.5 Å². The summed E-state index contributed by atoms with van der Waals surface area (Å²) in [5.74, 6) is 1.42. The van der Waals surface area contributed by atoms with Gasteiger partial charge in [-0.25, -0.2) is 15.0 Å². The predicted molar refractivity (Wildman–Crippen MR) is 141 cm³/mol. The number of carbonyl (C=O) groups is 1. The summed E-state index contributed by atoms with van der Waals surface area (Å²) in [5, 5.41) is 3.33. The number of fused-ring (bicyclic) bond motifs is 1. The molecule has 0 bridgehead atoms. The number of nitrogens with one attached hydrogen (secondary N) is 2. The lowest BCUT2D eigenvalue weighted by Crippen LogP contribution is -2.50. The van der Waals surface area contributed by atoms with Gasteiger partial charge in [0.25, 0.3) is 5.91 Å². The Labute approximate surface area is 210 Å². The van der Waals surface area contributed by atoms with Gasteiger partial charge in [0.2, 0.25) is 5.95 Å². The van der Waals surface area contributed by atoms with E-state index < -0.39 is 0 Å². The highest BCUT2D eigenvalue weighted by Crippen LogP contribution is 2.31. The molecule has 2 aromatic heterocycles. The summed E-state index contributed by atoms with van der Waals surface area (Å²) < 4.78 is 3.10. The first-order chi connectivity index (χ1) is 17.0. The molecule has 0 radical (unpaired) electrons. The molecule has 8 nitrogen and oxygen atoms in total. The molecule has 0 unspecified atom stereocenters. The van der Waals surface area contributed by atoms with E-state index in [9.17, 15) is 4.79 Å². The third-order valence-electron chi connectivity index (χ3n) is 6.79. The van der Waals surface area contributed by atoms with E-state index in [0.29, 0.717) is 23.4 Å². The van der Waals surface area contributed by atoms with Crippen molar-refractivity contribution < 1.29 is 4.79 Å². The van der Waals surface area contributed by atoms with Gasteiger partial charge in [0.05, 0.1) is 5.69 Å². The third kappa shape index (κ3) is 5.26. The van der Waals surface area contributed by atoms with E-state index in [1.807, 2.05) is 35.6 Å². The average Bonchev–Trinajstić information content (AvgIpc) is 3.28. The molecule has 1 fully saturated rings. The number of anilines is 3. The van der Waals surface area contributed by atoms with Crippen molar-refractivity contribution >= 4 is 35.3 Å². The van der Waals surface area contributed by atoms with Gasteiger partial charge in [-0.15, -0.1) is 0 Å². The van der Waals surface area contributed by atoms with Gasteiger partial charge in [-0.3, -0.25) is 9.69 Å². The van der Waals surface area contributed by atoms with Gasteiger partial charge in [-0.2, -0.15) is 0 Å². The molecule has 0 spiro atoms. The van der Waals surface area contributed by atoms with E-state index in [4.69, 9.17) is 4.98 Å². The molecule has 2 atom stereocenters. The van der Waals surface area contributed by atoms with E-state index in [1.165, 1.54) is 23.1 Å². The van der Waals surface area contributed by atoms with Gasteiger partial charge in [0, 0.05) is 67.2 Å². The zero-order valence-electron chi connectivity index (χ0n) is 20.4.